The Morgan fingerprint density at radius 3 is 1.21 bits per heavy atom. The lowest BCUT2D eigenvalue weighted by Gasteiger charge is -2.40. The first-order valence-electron chi connectivity index (χ1n) is 18.5. The molecule has 0 radical (unpaired) electrons. The molecule has 10 N–H and O–H groups in total. The zero-order chi connectivity index (χ0) is 43.7. The molecule has 2 fully saturated rings. The van der Waals surface area contributed by atoms with Gasteiger partial charge < -0.3 is 89.7 Å². The topological polar surface area (TPSA) is 350 Å². The molecule has 2 unspecified atom stereocenters. The van der Waals surface area contributed by atoms with Gasteiger partial charge in [0.2, 0.25) is 23.6 Å². The Morgan fingerprint density at radius 1 is 0.569 bits per heavy atom. The maximum Gasteiger partial charge on any atom is 0.325 e. The molecule has 2 rings (SSSR count). The first-order chi connectivity index (χ1) is 27.4. The van der Waals surface area contributed by atoms with Gasteiger partial charge in [0, 0.05) is 26.9 Å². The van der Waals surface area contributed by atoms with Crippen molar-refractivity contribution < 1.29 is 98.0 Å². The van der Waals surface area contributed by atoms with E-state index in [-0.39, 0.29) is 25.9 Å². The molecular weight excluding hydrogens is 784 g/mol. The summed E-state index contributed by atoms with van der Waals surface area (Å²) in [7, 11) is 2.20. The molecule has 0 aromatic carbocycles. The number of aliphatic hydroxyl groups is 8. The van der Waals surface area contributed by atoms with Gasteiger partial charge in [0.05, 0.1) is 40.6 Å². The van der Waals surface area contributed by atoms with Crippen LogP contribution >= 0.6 is 0 Å². The molecule has 0 aliphatic carbocycles. The molecule has 2 saturated heterocycles. The quantitative estimate of drug-likeness (QED) is 0.0337. The number of unbranched alkanes of at least 4 members (excludes halogenated alkanes) is 3. The normalized spacial score (nSPS) is 28.1. The first-order valence-corrected chi connectivity index (χ1v) is 18.5. The summed E-state index contributed by atoms with van der Waals surface area (Å²) in [5.74, 6) is -4.44. The Kier molecular flexibility index (Phi) is 21.8. The largest absolute Gasteiger partial charge is 0.468 e. The summed E-state index contributed by atoms with van der Waals surface area (Å²) >= 11 is 0. The second-order valence-electron chi connectivity index (χ2n) is 13.5. The van der Waals surface area contributed by atoms with Crippen LogP contribution in [0.5, 0.6) is 0 Å². The molecule has 24 heteroatoms. The van der Waals surface area contributed by atoms with Gasteiger partial charge in [-0.3, -0.25) is 28.8 Å². The average molecular weight is 843 g/mol. The zero-order valence-electron chi connectivity index (χ0n) is 32.8. The van der Waals surface area contributed by atoms with Crippen LogP contribution in [0.3, 0.4) is 0 Å². The lowest BCUT2D eigenvalue weighted by Crippen LogP contribution is -2.60. The van der Waals surface area contributed by atoms with E-state index in [0.717, 1.165) is 24.0 Å². The summed E-state index contributed by atoms with van der Waals surface area (Å²) in [5, 5.41) is 84.9. The number of aliphatic hydroxyl groups excluding tert-OH is 8. The lowest BCUT2D eigenvalue weighted by atomic mass is 9.99. The van der Waals surface area contributed by atoms with Crippen molar-refractivity contribution in [3.63, 3.8) is 0 Å². The summed E-state index contributed by atoms with van der Waals surface area (Å²) in [5.41, 5.74) is 0. The van der Waals surface area contributed by atoms with Crippen LogP contribution in [-0.2, 0) is 57.2 Å². The van der Waals surface area contributed by atoms with E-state index in [9.17, 15) is 69.6 Å². The van der Waals surface area contributed by atoms with Crippen LogP contribution in [0.4, 0.5) is 0 Å². The number of nitrogens with one attached hydrogen (secondary N) is 2. The predicted octanol–water partition coefficient (Wildman–Crippen LogP) is -6.81. The maximum absolute atomic E-state index is 13.2. The minimum absolute atomic E-state index is 0.0361. The van der Waals surface area contributed by atoms with Crippen LogP contribution in [0.2, 0.25) is 0 Å². The van der Waals surface area contributed by atoms with Gasteiger partial charge in [-0.15, -0.1) is 0 Å². The van der Waals surface area contributed by atoms with Crippen LogP contribution in [0, 0.1) is 0 Å². The molecule has 2 aliphatic heterocycles. The highest BCUT2D eigenvalue weighted by Gasteiger charge is 2.46. The van der Waals surface area contributed by atoms with Gasteiger partial charge in [-0.05, 0) is 12.8 Å². The van der Waals surface area contributed by atoms with Gasteiger partial charge in [0.1, 0.15) is 74.0 Å². The highest BCUT2D eigenvalue weighted by atomic mass is 16.7. The van der Waals surface area contributed by atoms with E-state index in [4.69, 9.17) is 18.9 Å². The number of methoxy groups -OCH3 is 2. The third-order valence-corrected chi connectivity index (χ3v) is 9.52. The number of rotatable bonds is 23. The van der Waals surface area contributed by atoms with E-state index in [1.54, 1.807) is 0 Å². The summed E-state index contributed by atoms with van der Waals surface area (Å²) in [6, 6.07) is -2.81. The second kappa shape index (κ2) is 25.1. The molecule has 0 bridgehead atoms. The molecule has 0 saturated carbocycles. The van der Waals surface area contributed by atoms with Gasteiger partial charge in [-0.1, -0.05) is 12.8 Å². The van der Waals surface area contributed by atoms with Crippen molar-refractivity contribution in [2.45, 2.75) is 113 Å². The fourth-order valence-electron chi connectivity index (χ4n) is 6.08. The number of hydrogen-bond donors (Lipinski definition) is 10. The number of hydrogen-bond acceptors (Lipinski definition) is 20. The molecule has 2 aliphatic rings. The van der Waals surface area contributed by atoms with E-state index >= 15 is 0 Å². The SMILES string of the molecule is COC(=O)CNC(=O)C(CO[C@H]1O[C@H](CO)[C@@H](O)[C@H](O)[C@@H]1O)N(CCCCCCN(C(C)=O)C(CO[C@H]1O[C@H](CO)[C@@H](O)[C@H](O)[C@@H]1O)C(=O)NCC(=O)OC)C(C)=O. The van der Waals surface area contributed by atoms with Gasteiger partial charge in [-0.25, -0.2) is 0 Å². The summed E-state index contributed by atoms with van der Waals surface area (Å²) in [4.78, 5) is 77.8. The average Bonchev–Trinajstić information content (AvgIpc) is 3.20. The van der Waals surface area contributed by atoms with E-state index in [0.29, 0.717) is 12.8 Å². The molecule has 24 nitrogen and oxygen atoms in total. The molecule has 12 atom stereocenters. The van der Waals surface area contributed by atoms with Crippen LogP contribution in [0.15, 0.2) is 0 Å². The third-order valence-electron chi connectivity index (χ3n) is 9.52. The second-order valence-corrected chi connectivity index (χ2v) is 13.5. The number of esters is 2. The van der Waals surface area contributed by atoms with Crippen molar-refractivity contribution in [1.82, 2.24) is 20.4 Å². The van der Waals surface area contributed by atoms with E-state index in [2.05, 4.69) is 20.1 Å². The predicted molar refractivity (Wildman–Crippen MR) is 190 cm³/mol. The molecule has 4 amide bonds. The number of amides is 4. The molecule has 0 spiro atoms. The molecule has 334 valence electrons. The Hall–Kier alpha value is -3.66. The zero-order valence-corrected chi connectivity index (χ0v) is 32.8. The smallest absolute Gasteiger partial charge is 0.325 e. The Morgan fingerprint density at radius 2 is 0.914 bits per heavy atom. The number of ether oxygens (including phenoxy) is 6. The number of carbonyl (C=O) groups excluding carboxylic acids is 6. The standard InChI is InChI=1S/C34H58N4O20/c1-17(41)37(19(31(51)35-11-23(43)53-3)15-55-33-29(49)27(47)25(45)21(13-39)57-33)9-7-5-6-8-10-38(18(2)42)20(32(52)36-12-24(44)54-4)16-56-34-30(50)28(48)26(46)22(14-40)58-34/h19-22,25-30,33-34,39-40,45-50H,5-16H2,1-4H3,(H,35,51)(H,36,52)/t19?,20?,21-,22-,25-,26-,27+,28+,29+,30+,33+,34+/m1/s1. The summed E-state index contributed by atoms with van der Waals surface area (Å²) in [6.07, 6.45) is -15.0. The Balaban J connectivity index is 2.12. The van der Waals surface area contributed by atoms with Crippen LogP contribution in [0.25, 0.3) is 0 Å². The van der Waals surface area contributed by atoms with Crippen LogP contribution < -0.4 is 10.6 Å². The third kappa shape index (κ3) is 14.6. The van der Waals surface area contributed by atoms with Crippen molar-refractivity contribution in [3.8, 4) is 0 Å². The molecule has 0 aromatic rings. The van der Waals surface area contributed by atoms with Gasteiger partial charge >= 0.3 is 11.9 Å². The highest BCUT2D eigenvalue weighted by molar-refractivity contribution is 5.90. The van der Waals surface area contributed by atoms with E-state index in [1.807, 2.05) is 0 Å². The summed E-state index contributed by atoms with van der Waals surface area (Å²) < 4.78 is 30.9. The fraction of sp³-hybridized carbons (Fsp3) is 0.824. The van der Waals surface area contributed by atoms with Crippen LogP contribution in [0.1, 0.15) is 39.5 Å². The first kappa shape index (κ1) is 50.5. The molecule has 0 aromatic heterocycles. The number of carbonyl (C=O) groups is 6. The van der Waals surface area contributed by atoms with Gasteiger partial charge in [0.15, 0.2) is 12.6 Å². The van der Waals surface area contributed by atoms with Crippen molar-refractivity contribution >= 4 is 35.6 Å². The van der Waals surface area contributed by atoms with Crippen LogP contribution in [-0.4, -0.2) is 227 Å². The van der Waals surface area contributed by atoms with E-state index < -0.39 is 149 Å². The van der Waals surface area contributed by atoms with Crippen molar-refractivity contribution in [2.24, 2.45) is 0 Å². The minimum atomic E-state index is -1.80. The Labute approximate surface area is 333 Å². The highest BCUT2D eigenvalue weighted by Crippen LogP contribution is 2.24. The maximum atomic E-state index is 13.2. The fourth-order valence-corrected chi connectivity index (χ4v) is 6.08. The molecule has 2 heterocycles. The van der Waals surface area contributed by atoms with Crippen molar-refractivity contribution in [2.75, 3.05) is 66.8 Å². The lowest BCUT2D eigenvalue weighted by molar-refractivity contribution is -0.302. The van der Waals surface area contributed by atoms with Gasteiger partial charge in [0.25, 0.3) is 0 Å². The summed E-state index contributed by atoms with van der Waals surface area (Å²) in [6.45, 7) is -1.54. The van der Waals surface area contributed by atoms with E-state index in [1.165, 1.54) is 13.8 Å². The van der Waals surface area contributed by atoms with Crippen molar-refractivity contribution in [3.05, 3.63) is 0 Å². The Bertz CT molecular complexity index is 1240. The van der Waals surface area contributed by atoms with Gasteiger partial charge in [-0.2, -0.15) is 0 Å². The monoisotopic (exact) mass is 842 g/mol. The number of nitrogens with zero attached hydrogens (tertiary/aromatic N) is 2. The molecule has 58 heavy (non-hydrogen) atoms. The molecular formula is C34H58N4O20. The minimum Gasteiger partial charge on any atom is -0.468 e. The van der Waals surface area contributed by atoms with Crippen molar-refractivity contribution in [1.29, 1.82) is 0 Å².